The Balaban J connectivity index is 2.35. The van der Waals surface area contributed by atoms with Crippen LogP contribution in [-0.4, -0.2) is 12.6 Å². The maximum Gasteiger partial charge on any atom is 0.151 e. The van der Waals surface area contributed by atoms with Crippen molar-refractivity contribution in [2.24, 2.45) is 0 Å². The fourth-order valence-corrected chi connectivity index (χ4v) is 3.19. The van der Waals surface area contributed by atoms with Crippen molar-refractivity contribution in [1.29, 1.82) is 0 Å². The summed E-state index contributed by atoms with van der Waals surface area (Å²) in [5.41, 5.74) is 1.28. The number of rotatable bonds is 2. The second-order valence-corrected chi connectivity index (χ2v) is 5.35. The van der Waals surface area contributed by atoms with Gasteiger partial charge in [0.15, 0.2) is 12.6 Å². The van der Waals surface area contributed by atoms with Gasteiger partial charge in [0.05, 0.1) is 0 Å². The van der Waals surface area contributed by atoms with Crippen molar-refractivity contribution in [2.75, 3.05) is 0 Å². The van der Waals surface area contributed by atoms with Gasteiger partial charge in [-0.2, -0.15) is 0 Å². The van der Waals surface area contributed by atoms with Crippen molar-refractivity contribution >= 4 is 44.9 Å². The molecule has 104 valence electrons. The van der Waals surface area contributed by atoms with Gasteiger partial charge in [-0.05, 0) is 44.5 Å². The van der Waals surface area contributed by atoms with Gasteiger partial charge in [-0.3, -0.25) is 9.59 Å². The molecule has 4 aromatic carbocycles. The number of carbonyl (C=O) groups excluding carboxylic acids is 2. The Labute approximate surface area is 127 Å². The minimum Gasteiger partial charge on any atom is -0.298 e. The average molecular weight is 284 g/mol. The van der Waals surface area contributed by atoms with Gasteiger partial charge in [-0.1, -0.05) is 48.5 Å². The first-order chi connectivity index (χ1) is 10.8. The summed E-state index contributed by atoms with van der Waals surface area (Å²) in [4.78, 5) is 23.4. The van der Waals surface area contributed by atoms with E-state index < -0.39 is 0 Å². The van der Waals surface area contributed by atoms with E-state index in [1.54, 1.807) is 0 Å². The molecular formula is C20H12O2. The molecule has 0 atom stereocenters. The third-order valence-corrected chi connectivity index (χ3v) is 4.21. The SMILES string of the molecule is O=Cc1c2ccccc2cc2c(C=O)c3ccccc3cc12. The molecule has 0 aromatic heterocycles. The van der Waals surface area contributed by atoms with Gasteiger partial charge < -0.3 is 0 Å². The molecule has 0 aliphatic carbocycles. The summed E-state index contributed by atoms with van der Waals surface area (Å²) in [6.07, 6.45) is 1.77. The van der Waals surface area contributed by atoms with Crippen LogP contribution >= 0.6 is 0 Å². The molecule has 0 saturated carbocycles. The highest BCUT2D eigenvalue weighted by atomic mass is 16.1. The number of carbonyl (C=O) groups is 2. The zero-order chi connectivity index (χ0) is 15.1. The summed E-state index contributed by atoms with van der Waals surface area (Å²) in [6, 6.07) is 19.5. The number of hydrogen-bond acceptors (Lipinski definition) is 2. The van der Waals surface area contributed by atoms with E-state index in [1.807, 2.05) is 60.7 Å². The molecule has 2 heteroatoms. The molecule has 0 radical (unpaired) electrons. The number of hydrogen-bond donors (Lipinski definition) is 0. The molecule has 0 spiro atoms. The maximum absolute atomic E-state index is 11.7. The van der Waals surface area contributed by atoms with E-state index in [1.165, 1.54) is 0 Å². The Bertz CT molecular complexity index is 974. The lowest BCUT2D eigenvalue weighted by Crippen LogP contribution is -1.93. The third kappa shape index (κ3) is 1.67. The number of aldehydes is 2. The molecule has 4 aromatic rings. The molecule has 0 heterocycles. The Morgan fingerprint density at radius 2 is 0.955 bits per heavy atom. The Hall–Kier alpha value is -3.00. The predicted molar refractivity (Wildman–Crippen MR) is 89.7 cm³/mol. The first kappa shape index (κ1) is 12.7. The van der Waals surface area contributed by atoms with Crippen molar-refractivity contribution < 1.29 is 9.59 Å². The highest BCUT2D eigenvalue weighted by Gasteiger charge is 2.12. The van der Waals surface area contributed by atoms with Crippen LogP contribution in [-0.2, 0) is 0 Å². The average Bonchev–Trinajstić information content (AvgIpc) is 2.57. The lowest BCUT2D eigenvalue weighted by molar-refractivity contribution is 0.111. The molecule has 0 saturated heterocycles. The summed E-state index contributed by atoms with van der Waals surface area (Å²) in [7, 11) is 0. The first-order valence-electron chi connectivity index (χ1n) is 7.11. The van der Waals surface area contributed by atoms with Crippen LogP contribution in [0, 0.1) is 0 Å². The van der Waals surface area contributed by atoms with E-state index in [-0.39, 0.29) is 0 Å². The lowest BCUT2D eigenvalue weighted by atomic mass is 9.91. The summed E-state index contributed by atoms with van der Waals surface area (Å²) in [6.45, 7) is 0. The van der Waals surface area contributed by atoms with Crippen molar-refractivity contribution in [2.45, 2.75) is 0 Å². The molecule has 4 rings (SSSR count). The quantitative estimate of drug-likeness (QED) is 0.392. The topological polar surface area (TPSA) is 34.1 Å². The van der Waals surface area contributed by atoms with Gasteiger partial charge in [0, 0.05) is 11.1 Å². The standard InChI is InChI=1S/C20H12O2/c21-11-19-15-7-3-1-5-13(15)9-17-18(19)10-14-6-2-4-8-16(14)20(17)12-22/h1-12H. The van der Waals surface area contributed by atoms with Crippen molar-refractivity contribution in [1.82, 2.24) is 0 Å². The minimum atomic E-state index is 0.641. The Kier molecular flexibility index (Phi) is 2.76. The van der Waals surface area contributed by atoms with Crippen LogP contribution < -0.4 is 0 Å². The fourth-order valence-electron chi connectivity index (χ4n) is 3.19. The van der Waals surface area contributed by atoms with Crippen LogP contribution in [0.25, 0.3) is 32.3 Å². The van der Waals surface area contributed by atoms with E-state index in [0.29, 0.717) is 11.1 Å². The largest absolute Gasteiger partial charge is 0.298 e. The van der Waals surface area contributed by atoms with E-state index in [4.69, 9.17) is 0 Å². The molecule has 0 unspecified atom stereocenters. The van der Waals surface area contributed by atoms with Gasteiger partial charge in [0.25, 0.3) is 0 Å². The van der Waals surface area contributed by atoms with E-state index in [0.717, 1.165) is 44.9 Å². The molecule has 0 N–H and O–H groups in total. The highest BCUT2D eigenvalue weighted by Crippen LogP contribution is 2.33. The van der Waals surface area contributed by atoms with Gasteiger partial charge in [-0.25, -0.2) is 0 Å². The van der Waals surface area contributed by atoms with Crippen LogP contribution in [0.3, 0.4) is 0 Å². The van der Waals surface area contributed by atoms with Gasteiger partial charge in [0.1, 0.15) is 0 Å². The van der Waals surface area contributed by atoms with Crippen LogP contribution in [0.15, 0.2) is 60.7 Å². The normalized spacial score (nSPS) is 11.1. The van der Waals surface area contributed by atoms with Crippen LogP contribution in [0.2, 0.25) is 0 Å². The second kappa shape index (κ2) is 4.78. The van der Waals surface area contributed by atoms with Crippen molar-refractivity contribution in [3.63, 3.8) is 0 Å². The molecular weight excluding hydrogens is 272 g/mol. The minimum absolute atomic E-state index is 0.641. The van der Waals surface area contributed by atoms with Crippen LogP contribution in [0.5, 0.6) is 0 Å². The fraction of sp³-hybridized carbons (Fsp3) is 0. The van der Waals surface area contributed by atoms with E-state index in [2.05, 4.69) is 0 Å². The molecule has 0 fully saturated rings. The van der Waals surface area contributed by atoms with Gasteiger partial charge in [0.2, 0.25) is 0 Å². The molecule has 22 heavy (non-hydrogen) atoms. The Morgan fingerprint density at radius 3 is 1.36 bits per heavy atom. The van der Waals surface area contributed by atoms with Crippen LogP contribution in [0.1, 0.15) is 20.7 Å². The summed E-state index contributed by atoms with van der Waals surface area (Å²) >= 11 is 0. The molecule has 0 bridgehead atoms. The summed E-state index contributed by atoms with van der Waals surface area (Å²) < 4.78 is 0. The highest BCUT2D eigenvalue weighted by molar-refractivity contribution is 6.20. The first-order valence-corrected chi connectivity index (χ1v) is 7.11. The van der Waals surface area contributed by atoms with Crippen molar-refractivity contribution in [3.05, 3.63) is 71.8 Å². The second-order valence-electron chi connectivity index (χ2n) is 5.35. The smallest absolute Gasteiger partial charge is 0.151 e. The van der Waals surface area contributed by atoms with Gasteiger partial charge >= 0.3 is 0 Å². The molecule has 0 aliphatic rings. The van der Waals surface area contributed by atoms with Crippen molar-refractivity contribution in [3.8, 4) is 0 Å². The molecule has 0 amide bonds. The zero-order valence-electron chi connectivity index (χ0n) is 11.7. The number of fused-ring (bicyclic) bond motifs is 3. The monoisotopic (exact) mass is 284 g/mol. The molecule has 0 aliphatic heterocycles. The summed E-state index contributed by atoms with van der Waals surface area (Å²) in [5.74, 6) is 0. The van der Waals surface area contributed by atoms with E-state index >= 15 is 0 Å². The summed E-state index contributed by atoms with van der Waals surface area (Å²) in [5, 5.41) is 5.42. The number of benzene rings is 4. The Morgan fingerprint density at radius 1 is 0.545 bits per heavy atom. The predicted octanol–water partition coefficient (Wildman–Crippen LogP) is 4.77. The van der Waals surface area contributed by atoms with E-state index in [9.17, 15) is 9.59 Å². The molecule has 2 nitrogen and oxygen atoms in total. The zero-order valence-corrected chi connectivity index (χ0v) is 11.7. The third-order valence-electron chi connectivity index (χ3n) is 4.21. The van der Waals surface area contributed by atoms with Crippen LogP contribution in [0.4, 0.5) is 0 Å². The lowest BCUT2D eigenvalue weighted by Gasteiger charge is -2.11. The maximum atomic E-state index is 11.7. The van der Waals surface area contributed by atoms with Gasteiger partial charge in [-0.15, -0.1) is 0 Å².